The molecule has 0 fully saturated rings. The van der Waals surface area contributed by atoms with Crippen LogP contribution in [0.5, 0.6) is 0 Å². The molecule has 0 spiro atoms. The standard InChI is InChI=1S/C20H15F2N5S/c1-12-10-17-24-25-20(27(17)15-8-4-2-6-13(12)15)28-11-18-23-14-7-3-5-9-16(14)26(18)19(21)22/h2-10,19H,11H2,1H3. The largest absolute Gasteiger partial charge is 0.320 e. The Kier molecular flexibility index (Phi) is 4.01. The maximum Gasteiger partial charge on any atom is 0.320 e. The van der Waals surface area contributed by atoms with E-state index in [-0.39, 0.29) is 5.75 Å². The molecule has 0 bridgehead atoms. The summed E-state index contributed by atoms with van der Waals surface area (Å²) in [7, 11) is 0. The Hall–Kier alpha value is -3.00. The molecule has 0 radical (unpaired) electrons. The number of pyridine rings is 1. The number of rotatable bonds is 4. The molecule has 5 rings (SSSR count). The number of aryl methyl sites for hydroxylation is 1. The molecule has 5 nitrogen and oxygen atoms in total. The maximum atomic E-state index is 13.6. The molecule has 140 valence electrons. The summed E-state index contributed by atoms with van der Waals surface area (Å²) in [6.45, 7) is -0.615. The Balaban J connectivity index is 1.58. The first-order chi connectivity index (χ1) is 13.6. The van der Waals surface area contributed by atoms with Crippen molar-refractivity contribution in [2.45, 2.75) is 24.4 Å². The van der Waals surface area contributed by atoms with Crippen LogP contribution in [-0.2, 0) is 5.75 Å². The van der Waals surface area contributed by atoms with Crippen LogP contribution in [0, 0.1) is 6.92 Å². The third-order valence-electron chi connectivity index (χ3n) is 4.77. The number of hydrogen-bond donors (Lipinski definition) is 0. The molecule has 0 saturated heterocycles. The van der Waals surface area contributed by atoms with Crippen LogP contribution in [-0.4, -0.2) is 24.1 Å². The van der Waals surface area contributed by atoms with Crippen LogP contribution in [0.25, 0.3) is 27.6 Å². The van der Waals surface area contributed by atoms with Crippen molar-refractivity contribution in [3.63, 3.8) is 0 Å². The van der Waals surface area contributed by atoms with Gasteiger partial charge in [-0.1, -0.05) is 42.1 Å². The van der Waals surface area contributed by atoms with Gasteiger partial charge in [0.2, 0.25) is 0 Å². The summed E-state index contributed by atoms with van der Waals surface area (Å²) in [5.41, 5.74) is 3.84. The first kappa shape index (κ1) is 17.1. The van der Waals surface area contributed by atoms with Crippen molar-refractivity contribution in [3.8, 4) is 0 Å². The van der Waals surface area contributed by atoms with Crippen LogP contribution in [0.2, 0.25) is 0 Å². The quantitative estimate of drug-likeness (QED) is 0.391. The van der Waals surface area contributed by atoms with Crippen LogP contribution in [0.3, 0.4) is 0 Å². The summed E-state index contributed by atoms with van der Waals surface area (Å²) >= 11 is 1.35. The number of alkyl halides is 2. The Labute approximate surface area is 163 Å². The molecule has 3 heterocycles. The van der Waals surface area contributed by atoms with Gasteiger partial charge in [-0.05, 0) is 36.8 Å². The van der Waals surface area contributed by atoms with E-state index in [0.717, 1.165) is 26.7 Å². The van der Waals surface area contributed by atoms with Crippen molar-refractivity contribution in [2.24, 2.45) is 0 Å². The van der Waals surface area contributed by atoms with E-state index >= 15 is 0 Å². The van der Waals surface area contributed by atoms with E-state index in [9.17, 15) is 8.78 Å². The summed E-state index contributed by atoms with van der Waals surface area (Å²) < 4.78 is 30.2. The molecule has 0 aliphatic heterocycles. The fourth-order valence-electron chi connectivity index (χ4n) is 3.51. The van der Waals surface area contributed by atoms with Crippen LogP contribution in [0.4, 0.5) is 8.78 Å². The van der Waals surface area contributed by atoms with Crippen LogP contribution < -0.4 is 0 Å². The number of para-hydroxylation sites is 3. The fourth-order valence-corrected chi connectivity index (χ4v) is 4.39. The highest BCUT2D eigenvalue weighted by Gasteiger charge is 2.19. The van der Waals surface area contributed by atoms with Gasteiger partial charge in [0.15, 0.2) is 10.8 Å². The molecule has 0 aliphatic rings. The summed E-state index contributed by atoms with van der Waals surface area (Å²) in [6, 6.07) is 16.9. The molecule has 0 unspecified atom stereocenters. The van der Waals surface area contributed by atoms with Gasteiger partial charge in [0.25, 0.3) is 0 Å². The van der Waals surface area contributed by atoms with E-state index in [2.05, 4.69) is 21.2 Å². The average molecular weight is 395 g/mol. The number of imidazole rings is 1. The molecule has 0 saturated carbocycles. The summed E-state index contributed by atoms with van der Waals surface area (Å²) in [5, 5.41) is 10.3. The predicted molar refractivity (Wildman–Crippen MR) is 106 cm³/mol. The number of benzene rings is 2. The minimum Gasteiger partial charge on any atom is -0.270 e. The molecular formula is C20H15F2N5S. The molecule has 2 aromatic carbocycles. The van der Waals surface area contributed by atoms with Crippen LogP contribution in [0.15, 0.2) is 59.8 Å². The van der Waals surface area contributed by atoms with Crippen molar-refractivity contribution in [2.75, 3.05) is 0 Å². The van der Waals surface area contributed by atoms with Gasteiger partial charge in [-0.25, -0.2) is 4.98 Å². The van der Waals surface area contributed by atoms with E-state index in [1.165, 1.54) is 11.8 Å². The topological polar surface area (TPSA) is 48.0 Å². The first-order valence-electron chi connectivity index (χ1n) is 8.74. The van der Waals surface area contributed by atoms with E-state index in [1.54, 1.807) is 24.3 Å². The number of aromatic nitrogens is 5. The van der Waals surface area contributed by atoms with Crippen molar-refractivity contribution in [1.82, 2.24) is 24.1 Å². The van der Waals surface area contributed by atoms with E-state index < -0.39 is 6.55 Å². The zero-order valence-electron chi connectivity index (χ0n) is 14.9. The minimum atomic E-state index is -2.65. The van der Waals surface area contributed by atoms with E-state index in [1.807, 2.05) is 35.6 Å². The zero-order valence-corrected chi connectivity index (χ0v) is 15.7. The van der Waals surface area contributed by atoms with Gasteiger partial charge in [-0.2, -0.15) is 8.78 Å². The van der Waals surface area contributed by atoms with Crippen molar-refractivity contribution < 1.29 is 8.78 Å². The number of fused-ring (bicyclic) bond motifs is 4. The third kappa shape index (κ3) is 2.63. The SMILES string of the molecule is Cc1cc2nnc(SCc3nc4ccccc4n3C(F)F)n2c2ccccc12. The van der Waals surface area contributed by atoms with Gasteiger partial charge in [0.1, 0.15) is 5.82 Å². The molecule has 28 heavy (non-hydrogen) atoms. The average Bonchev–Trinajstić information content (AvgIpc) is 3.27. The zero-order chi connectivity index (χ0) is 19.3. The lowest BCUT2D eigenvalue weighted by atomic mass is 10.1. The second-order valence-electron chi connectivity index (χ2n) is 6.47. The van der Waals surface area contributed by atoms with E-state index in [0.29, 0.717) is 22.0 Å². The van der Waals surface area contributed by atoms with Gasteiger partial charge in [-0.15, -0.1) is 10.2 Å². The smallest absolute Gasteiger partial charge is 0.270 e. The molecule has 8 heteroatoms. The van der Waals surface area contributed by atoms with Crippen molar-refractivity contribution in [3.05, 3.63) is 66.0 Å². The normalized spacial score (nSPS) is 12.0. The van der Waals surface area contributed by atoms with Gasteiger partial charge in [0.05, 0.1) is 22.3 Å². The van der Waals surface area contributed by atoms with Gasteiger partial charge >= 0.3 is 6.55 Å². The number of halogens is 2. The highest BCUT2D eigenvalue weighted by molar-refractivity contribution is 7.98. The van der Waals surface area contributed by atoms with Crippen molar-refractivity contribution in [1.29, 1.82) is 0 Å². The Bertz CT molecular complexity index is 1320. The molecule has 5 aromatic rings. The molecule has 0 N–H and O–H groups in total. The van der Waals surface area contributed by atoms with Gasteiger partial charge < -0.3 is 0 Å². The predicted octanol–water partition coefficient (Wildman–Crippen LogP) is 5.23. The lowest BCUT2D eigenvalue weighted by Crippen LogP contribution is -2.03. The van der Waals surface area contributed by atoms with Gasteiger partial charge in [0, 0.05) is 5.39 Å². The highest BCUT2D eigenvalue weighted by Crippen LogP contribution is 2.30. The van der Waals surface area contributed by atoms with Crippen molar-refractivity contribution >= 4 is 39.3 Å². The summed E-state index contributed by atoms with van der Waals surface area (Å²) in [6.07, 6.45) is 0. The molecule has 0 atom stereocenters. The second-order valence-corrected chi connectivity index (χ2v) is 7.42. The third-order valence-corrected chi connectivity index (χ3v) is 5.69. The fraction of sp³-hybridized carbons (Fsp3) is 0.150. The molecule has 0 amide bonds. The molecule has 0 aliphatic carbocycles. The number of nitrogens with zero attached hydrogens (tertiary/aromatic N) is 5. The first-order valence-corrected chi connectivity index (χ1v) is 9.72. The Morgan fingerprint density at radius 1 is 1.00 bits per heavy atom. The summed E-state index contributed by atoms with van der Waals surface area (Å²) in [4.78, 5) is 4.39. The number of thioether (sulfide) groups is 1. The highest BCUT2D eigenvalue weighted by atomic mass is 32.2. The van der Waals surface area contributed by atoms with E-state index in [4.69, 9.17) is 0 Å². The van der Waals surface area contributed by atoms with Crippen LogP contribution >= 0.6 is 11.8 Å². The lowest BCUT2D eigenvalue weighted by Gasteiger charge is -2.08. The second kappa shape index (κ2) is 6.56. The number of hydrogen-bond acceptors (Lipinski definition) is 4. The minimum absolute atomic E-state index is 0.266. The Morgan fingerprint density at radius 2 is 1.75 bits per heavy atom. The lowest BCUT2D eigenvalue weighted by molar-refractivity contribution is 0.0722. The Morgan fingerprint density at radius 3 is 2.57 bits per heavy atom. The monoisotopic (exact) mass is 395 g/mol. The van der Waals surface area contributed by atoms with Crippen LogP contribution in [0.1, 0.15) is 17.9 Å². The molecule has 3 aromatic heterocycles. The maximum absolute atomic E-state index is 13.6. The summed E-state index contributed by atoms with van der Waals surface area (Å²) in [5.74, 6) is 0.580. The molecular weight excluding hydrogens is 380 g/mol. The van der Waals surface area contributed by atoms with Gasteiger partial charge in [-0.3, -0.25) is 8.97 Å².